The summed E-state index contributed by atoms with van der Waals surface area (Å²) in [5, 5.41) is 10.1. The van der Waals surface area contributed by atoms with Crippen LogP contribution in [0.3, 0.4) is 0 Å². The smallest absolute Gasteiger partial charge is 0.317 e. The van der Waals surface area contributed by atoms with Crippen LogP contribution in [-0.4, -0.2) is 11.1 Å². The zero-order valence-electron chi connectivity index (χ0n) is 11.0. The molecule has 0 heterocycles. The third kappa shape index (κ3) is 3.22. The molecule has 0 aliphatic carbocycles. The van der Waals surface area contributed by atoms with Crippen molar-refractivity contribution in [1.29, 1.82) is 0 Å². The zero-order valence-corrected chi connectivity index (χ0v) is 11.0. The maximum absolute atomic E-state index is 13.6. The molecule has 0 fully saturated rings. The van der Waals surface area contributed by atoms with Crippen LogP contribution in [0.4, 0.5) is 4.39 Å². The normalized spacial score (nSPS) is 13.6. The first-order valence-electron chi connectivity index (χ1n) is 6.29. The van der Waals surface area contributed by atoms with E-state index in [1.807, 2.05) is 0 Å². The molecule has 20 heavy (non-hydrogen) atoms. The number of ether oxygens (including phenoxy) is 1. The highest BCUT2D eigenvalue weighted by molar-refractivity contribution is 5.75. The summed E-state index contributed by atoms with van der Waals surface area (Å²) >= 11 is 0. The lowest BCUT2D eigenvalue weighted by atomic mass is 9.97. The molecule has 0 bridgehead atoms. The number of hydrogen-bond donors (Lipinski definition) is 1. The van der Waals surface area contributed by atoms with E-state index in [9.17, 15) is 14.3 Å². The van der Waals surface area contributed by atoms with E-state index in [-0.39, 0.29) is 5.56 Å². The van der Waals surface area contributed by atoms with Crippen molar-refractivity contribution in [3.63, 3.8) is 0 Å². The van der Waals surface area contributed by atoms with Gasteiger partial charge in [-0.25, -0.2) is 4.39 Å². The van der Waals surface area contributed by atoms with Gasteiger partial charge in [-0.15, -0.1) is 0 Å². The summed E-state index contributed by atoms with van der Waals surface area (Å²) < 4.78 is 18.7. The van der Waals surface area contributed by atoms with Crippen molar-refractivity contribution >= 4 is 5.97 Å². The first-order chi connectivity index (χ1) is 9.59. The second-order valence-corrected chi connectivity index (χ2v) is 4.49. The van der Waals surface area contributed by atoms with Gasteiger partial charge in [0.2, 0.25) is 0 Å². The van der Waals surface area contributed by atoms with Crippen molar-refractivity contribution in [2.45, 2.75) is 13.0 Å². The summed E-state index contributed by atoms with van der Waals surface area (Å²) in [6, 6.07) is 14.4. The molecule has 0 aliphatic heterocycles. The molecule has 0 radical (unpaired) electrons. The second-order valence-electron chi connectivity index (χ2n) is 4.49. The Morgan fingerprint density at radius 1 is 1.10 bits per heavy atom. The van der Waals surface area contributed by atoms with Crippen LogP contribution in [0.25, 0.3) is 0 Å². The predicted octanol–water partition coefficient (Wildman–Crippen LogP) is 3.10. The minimum atomic E-state index is -1.24. The van der Waals surface area contributed by atoms with Crippen LogP contribution >= 0.6 is 0 Å². The van der Waals surface area contributed by atoms with Gasteiger partial charge in [0.15, 0.2) is 0 Å². The maximum atomic E-state index is 13.6. The number of benzene rings is 2. The first-order valence-corrected chi connectivity index (χ1v) is 6.29. The molecule has 4 heteroatoms. The average molecular weight is 274 g/mol. The lowest BCUT2D eigenvalue weighted by Crippen LogP contribution is -2.24. The number of para-hydroxylation sites is 1. The molecule has 3 nitrogen and oxygen atoms in total. The molecule has 0 saturated carbocycles. The standard InChI is InChI=1S/C16H15FO3/c1-11(15(18)13-9-5-6-10-14(13)17)16(19)20-12-7-3-2-4-8-12/h2-11,15,18H,1H3/t11-,15+/m0/s1. The average Bonchev–Trinajstić information content (AvgIpc) is 2.47. The molecule has 2 rings (SSSR count). The Bertz CT molecular complexity index is 583. The first kappa shape index (κ1) is 14.2. The Balaban J connectivity index is 2.09. The third-order valence-corrected chi connectivity index (χ3v) is 3.03. The highest BCUT2D eigenvalue weighted by Crippen LogP contribution is 2.25. The van der Waals surface area contributed by atoms with E-state index in [2.05, 4.69) is 0 Å². The Hall–Kier alpha value is -2.20. The summed E-state index contributed by atoms with van der Waals surface area (Å²) in [5.41, 5.74) is 0.0880. The fourth-order valence-electron chi connectivity index (χ4n) is 1.81. The molecular formula is C16H15FO3. The highest BCUT2D eigenvalue weighted by atomic mass is 19.1. The summed E-state index contributed by atoms with van der Waals surface area (Å²) in [4.78, 5) is 11.9. The van der Waals surface area contributed by atoms with Crippen LogP contribution in [0.5, 0.6) is 5.75 Å². The minimum Gasteiger partial charge on any atom is -0.426 e. The van der Waals surface area contributed by atoms with E-state index in [1.54, 1.807) is 36.4 Å². The van der Waals surface area contributed by atoms with E-state index in [4.69, 9.17) is 4.74 Å². The van der Waals surface area contributed by atoms with Gasteiger partial charge >= 0.3 is 5.97 Å². The van der Waals surface area contributed by atoms with E-state index < -0.39 is 23.8 Å². The van der Waals surface area contributed by atoms with Crippen LogP contribution in [0, 0.1) is 11.7 Å². The monoisotopic (exact) mass is 274 g/mol. The fraction of sp³-hybridized carbons (Fsp3) is 0.188. The van der Waals surface area contributed by atoms with Gasteiger partial charge in [-0.3, -0.25) is 4.79 Å². The number of esters is 1. The third-order valence-electron chi connectivity index (χ3n) is 3.03. The summed E-state index contributed by atoms with van der Waals surface area (Å²) in [6.45, 7) is 1.50. The molecule has 104 valence electrons. The molecule has 1 N–H and O–H groups in total. The number of aliphatic hydroxyl groups excluding tert-OH is 1. The number of aliphatic hydroxyl groups is 1. The van der Waals surface area contributed by atoms with E-state index in [0.29, 0.717) is 5.75 Å². The topological polar surface area (TPSA) is 46.5 Å². The van der Waals surface area contributed by atoms with Gasteiger partial charge in [-0.2, -0.15) is 0 Å². The van der Waals surface area contributed by atoms with Gasteiger partial charge in [0, 0.05) is 5.56 Å². The Kier molecular flexibility index (Phi) is 4.48. The molecule has 2 aromatic carbocycles. The second kappa shape index (κ2) is 6.30. The summed E-state index contributed by atoms with van der Waals surface area (Å²) in [6.07, 6.45) is -1.24. The van der Waals surface area contributed by atoms with Crippen LogP contribution in [0.15, 0.2) is 54.6 Å². The van der Waals surface area contributed by atoms with Gasteiger partial charge in [0.05, 0.1) is 12.0 Å². The number of carbonyl (C=O) groups is 1. The van der Waals surface area contributed by atoms with Crippen molar-refractivity contribution in [2.75, 3.05) is 0 Å². The van der Waals surface area contributed by atoms with Crippen molar-refractivity contribution in [2.24, 2.45) is 5.92 Å². The van der Waals surface area contributed by atoms with E-state index in [0.717, 1.165) is 0 Å². The van der Waals surface area contributed by atoms with E-state index in [1.165, 1.54) is 25.1 Å². The van der Waals surface area contributed by atoms with Gasteiger partial charge in [0.1, 0.15) is 11.6 Å². The van der Waals surface area contributed by atoms with Crippen molar-refractivity contribution in [1.82, 2.24) is 0 Å². The van der Waals surface area contributed by atoms with Crippen LogP contribution in [-0.2, 0) is 4.79 Å². The minimum absolute atomic E-state index is 0.0880. The van der Waals surface area contributed by atoms with E-state index >= 15 is 0 Å². The van der Waals surface area contributed by atoms with Crippen molar-refractivity contribution in [3.8, 4) is 5.75 Å². The van der Waals surface area contributed by atoms with Gasteiger partial charge < -0.3 is 9.84 Å². The number of carbonyl (C=O) groups excluding carboxylic acids is 1. The molecule has 0 unspecified atom stereocenters. The number of rotatable bonds is 4. The zero-order chi connectivity index (χ0) is 14.5. The molecule has 0 aliphatic rings. The van der Waals surface area contributed by atoms with Gasteiger partial charge in [-0.05, 0) is 25.1 Å². The molecule has 0 amide bonds. The van der Waals surface area contributed by atoms with Gasteiger partial charge in [0.25, 0.3) is 0 Å². The molecule has 0 aromatic heterocycles. The Morgan fingerprint density at radius 3 is 2.35 bits per heavy atom. The maximum Gasteiger partial charge on any atom is 0.317 e. The largest absolute Gasteiger partial charge is 0.426 e. The van der Waals surface area contributed by atoms with Crippen LogP contribution in [0.1, 0.15) is 18.6 Å². The number of halogens is 1. The molecular weight excluding hydrogens is 259 g/mol. The number of hydrogen-bond acceptors (Lipinski definition) is 3. The molecule has 0 saturated heterocycles. The quantitative estimate of drug-likeness (QED) is 0.688. The van der Waals surface area contributed by atoms with Crippen molar-refractivity contribution < 1.29 is 19.0 Å². The van der Waals surface area contributed by atoms with Crippen LogP contribution in [0.2, 0.25) is 0 Å². The van der Waals surface area contributed by atoms with Gasteiger partial charge in [-0.1, -0.05) is 36.4 Å². The van der Waals surface area contributed by atoms with Crippen LogP contribution < -0.4 is 4.74 Å². The summed E-state index contributed by atoms with van der Waals surface area (Å²) in [5.74, 6) is -1.62. The lowest BCUT2D eigenvalue weighted by molar-refractivity contribution is -0.142. The Morgan fingerprint density at radius 2 is 1.70 bits per heavy atom. The summed E-state index contributed by atoms with van der Waals surface area (Å²) in [7, 11) is 0. The Labute approximate surface area is 116 Å². The fourth-order valence-corrected chi connectivity index (χ4v) is 1.81. The lowest BCUT2D eigenvalue weighted by Gasteiger charge is -2.18. The highest BCUT2D eigenvalue weighted by Gasteiger charge is 2.27. The molecule has 0 spiro atoms. The molecule has 2 aromatic rings. The van der Waals surface area contributed by atoms with Crippen molar-refractivity contribution in [3.05, 3.63) is 66.0 Å². The predicted molar refractivity (Wildman–Crippen MR) is 72.6 cm³/mol. The molecule has 2 atom stereocenters. The SMILES string of the molecule is C[C@H](C(=O)Oc1ccccc1)[C@@H](O)c1ccccc1F.